The molecular formula is C20H20FN3O4S2. The van der Waals surface area contributed by atoms with Gasteiger partial charge in [0, 0.05) is 25.0 Å². The highest BCUT2D eigenvalue weighted by atomic mass is 32.2. The second kappa shape index (κ2) is 8.90. The third-order valence-electron chi connectivity index (χ3n) is 4.21. The van der Waals surface area contributed by atoms with Crippen molar-refractivity contribution in [1.29, 1.82) is 0 Å². The molecule has 0 saturated heterocycles. The van der Waals surface area contributed by atoms with Crippen LogP contribution in [0.4, 0.5) is 10.1 Å². The topological polar surface area (TPSA) is 88.6 Å². The minimum atomic E-state index is -3.66. The van der Waals surface area contributed by atoms with E-state index in [-0.39, 0.29) is 28.7 Å². The Bertz CT molecular complexity index is 1160. The maximum atomic E-state index is 13.1. The molecule has 158 valence electrons. The Kier molecular flexibility index (Phi) is 6.49. The van der Waals surface area contributed by atoms with Crippen LogP contribution >= 0.6 is 11.3 Å². The van der Waals surface area contributed by atoms with Crippen LogP contribution in [0.25, 0.3) is 10.6 Å². The van der Waals surface area contributed by atoms with Crippen molar-refractivity contribution >= 4 is 33.0 Å². The Balaban J connectivity index is 1.77. The number of carbonyl (C=O) groups is 1. The van der Waals surface area contributed by atoms with E-state index in [4.69, 9.17) is 4.74 Å². The first-order valence-corrected chi connectivity index (χ1v) is 11.1. The van der Waals surface area contributed by atoms with Crippen LogP contribution in [0.15, 0.2) is 52.7 Å². The molecule has 0 atom stereocenters. The van der Waals surface area contributed by atoms with E-state index in [0.717, 1.165) is 9.87 Å². The fraction of sp³-hybridized carbons (Fsp3) is 0.200. The standard InChI is InChI=1S/C20H20FN3O4S2/c1-24(2)30(26,27)16-8-9-18(28-3)17(11-16)23-19(25)10-15-12-29-20(22-15)13-4-6-14(21)7-5-13/h4-9,11-12H,10H2,1-3H3,(H,23,25). The molecule has 0 unspecified atom stereocenters. The van der Waals surface area contributed by atoms with E-state index in [2.05, 4.69) is 10.3 Å². The van der Waals surface area contributed by atoms with Gasteiger partial charge in [-0.25, -0.2) is 22.1 Å². The number of amides is 1. The van der Waals surface area contributed by atoms with Crippen molar-refractivity contribution in [3.05, 3.63) is 59.4 Å². The minimum absolute atomic E-state index is 0.00843. The number of halogens is 1. The number of benzene rings is 2. The summed E-state index contributed by atoms with van der Waals surface area (Å²) in [5.74, 6) is -0.364. The van der Waals surface area contributed by atoms with Crippen molar-refractivity contribution in [3.8, 4) is 16.3 Å². The molecule has 0 spiro atoms. The lowest BCUT2D eigenvalue weighted by Crippen LogP contribution is -2.22. The lowest BCUT2D eigenvalue weighted by atomic mass is 10.2. The molecule has 1 aromatic heterocycles. The summed E-state index contributed by atoms with van der Waals surface area (Å²) in [6.45, 7) is 0. The first kappa shape index (κ1) is 21.9. The Labute approximate surface area is 178 Å². The number of anilines is 1. The summed E-state index contributed by atoms with van der Waals surface area (Å²) in [7, 11) is 0.629. The summed E-state index contributed by atoms with van der Waals surface area (Å²) >= 11 is 1.35. The molecule has 0 saturated carbocycles. The molecule has 0 bridgehead atoms. The van der Waals surface area contributed by atoms with Gasteiger partial charge >= 0.3 is 0 Å². The average Bonchev–Trinajstić information content (AvgIpc) is 3.16. The molecule has 0 fully saturated rings. The third-order valence-corrected chi connectivity index (χ3v) is 6.96. The van der Waals surface area contributed by atoms with Gasteiger partial charge in [0.2, 0.25) is 15.9 Å². The number of methoxy groups -OCH3 is 1. The predicted octanol–water partition coefficient (Wildman–Crippen LogP) is 3.39. The fourth-order valence-corrected chi connectivity index (χ4v) is 4.38. The maximum Gasteiger partial charge on any atom is 0.242 e. The van der Waals surface area contributed by atoms with E-state index in [1.807, 2.05) is 0 Å². The summed E-state index contributed by atoms with van der Waals surface area (Å²) in [6, 6.07) is 10.2. The fourth-order valence-electron chi connectivity index (χ4n) is 2.63. The highest BCUT2D eigenvalue weighted by molar-refractivity contribution is 7.89. The zero-order chi connectivity index (χ0) is 21.9. The van der Waals surface area contributed by atoms with Gasteiger partial charge in [0.25, 0.3) is 0 Å². The number of nitrogens with zero attached hydrogens (tertiary/aromatic N) is 2. The minimum Gasteiger partial charge on any atom is -0.495 e. The number of ether oxygens (including phenoxy) is 1. The number of nitrogens with one attached hydrogen (secondary N) is 1. The van der Waals surface area contributed by atoms with Gasteiger partial charge in [-0.1, -0.05) is 0 Å². The molecule has 1 N–H and O–H groups in total. The number of hydrogen-bond donors (Lipinski definition) is 1. The van der Waals surface area contributed by atoms with Gasteiger partial charge in [-0.2, -0.15) is 0 Å². The Morgan fingerprint density at radius 2 is 1.90 bits per heavy atom. The lowest BCUT2D eigenvalue weighted by Gasteiger charge is -2.15. The van der Waals surface area contributed by atoms with Crippen molar-refractivity contribution in [3.63, 3.8) is 0 Å². The summed E-state index contributed by atoms with van der Waals surface area (Å²) in [5, 5.41) is 5.11. The van der Waals surface area contributed by atoms with Crippen LogP contribution in [0.1, 0.15) is 5.69 Å². The average molecular weight is 450 g/mol. The van der Waals surface area contributed by atoms with Crippen molar-refractivity contribution in [2.75, 3.05) is 26.5 Å². The molecule has 3 rings (SSSR count). The molecule has 0 aliphatic heterocycles. The summed E-state index contributed by atoms with van der Waals surface area (Å²) in [5.41, 5.74) is 1.56. The van der Waals surface area contributed by atoms with Gasteiger partial charge < -0.3 is 10.1 Å². The number of hydrogen-bond acceptors (Lipinski definition) is 6. The molecule has 1 amide bonds. The summed E-state index contributed by atoms with van der Waals surface area (Å²) in [4.78, 5) is 17.0. The first-order chi connectivity index (χ1) is 14.2. The molecule has 0 aliphatic carbocycles. The molecule has 2 aromatic carbocycles. The zero-order valence-corrected chi connectivity index (χ0v) is 18.2. The van der Waals surface area contributed by atoms with E-state index in [1.54, 1.807) is 17.5 Å². The normalized spacial score (nSPS) is 11.5. The largest absolute Gasteiger partial charge is 0.495 e. The van der Waals surface area contributed by atoms with E-state index < -0.39 is 10.0 Å². The maximum absolute atomic E-state index is 13.1. The van der Waals surface area contributed by atoms with Gasteiger partial charge in [0.1, 0.15) is 16.6 Å². The van der Waals surface area contributed by atoms with Crippen LogP contribution in [0.2, 0.25) is 0 Å². The Morgan fingerprint density at radius 1 is 1.20 bits per heavy atom. The predicted molar refractivity (Wildman–Crippen MR) is 114 cm³/mol. The van der Waals surface area contributed by atoms with Gasteiger partial charge in [-0.15, -0.1) is 11.3 Å². The Hall–Kier alpha value is -2.82. The molecule has 7 nitrogen and oxygen atoms in total. The van der Waals surface area contributed by atoms with Crippen molar-refractivity contribution in [1.82, 2.24) is 9.29 Å². The highest BCUT2D eigenvalue weighted by Crippen LogP contribution is 2.29. The quantitative estimate of drug-likeness (QED) is 0.597. The summed E-state index contributed by atoms with van der Waals surface area (Å²) in [6.07, 6.45) is -0.00843. The molecule has 0 aliphatic rings. The van der Waals surface area contributed by atoms with Gasteiger partial charge in [-0.3, -0.25) is 4.79 Å². The van der Waals surface area contributed by atoms with E-state index in [0.29, 0.717) is 16.5 Å². The van der Waals surface area contributed by atoms with Gasteiger partial charge in [0.05, 0.1) is 29.8 Å². The van der Waals surface area contributed by atoms with E-state index >= 15 is 0 Å². The van der Waals surface area contributed by atoms with Crippen LogP contribution in [0, 0.1) is 5.82 Å². The smallest absolute Gasteiger partial charge is 0.242 e. The number of rotatable bonds is 7. The number of aromatic nitrogens is 1. The SMILES string of the molecule is COc1ccc(S(=O)(=O)N(C)C)cc1NC(=O)Cc1csc(-c2ccc(F)cc2)n1. The van der Waals surface area contributed by atoms with Crippen LogP contribution in [-0.4, -0.2) is 44.8 Å². The molecule has 10 heteroatoms. The van der Waals surface area contributed by atoms with E-state index in [9.17, 15) is 17.6 Å². The van der Waals surface area contributed by atoms with Crippen LogP contribution in [0.5, 0.6) is 5.75 Å². The van der Waals surface area contributed by atoms with Crippen molar-refractivity contribution in [2.45, 2.75) is 11.3 Å². The number of sulfonamides is 1. The van der Waals surface area contributed by atoms with Gasteiger partial charge in [-0.05, 0) is 42.5 Å². The highest BCUT2D eigenvalue weighted by Gasteiger charge is 2.20. The van der Waals surface area contributed by atoms with Crippen LogP contribution in [-0.2, 0) is 21.2 Å². The van der Waals surface area contributed by atoms with Crippen molar-refractivity contribution < 1.29 is 22.3 Å². The monoisotopic (exact) mass is 449 g/mol. The third kappa shape index (κ3) is 4.84. The molecule has 30 heavy (non-hydrogen) atoms. The zero-order valence-electron chi connectivity index (χ0n) is 16.5. The molecule has 1 heterocycles. The Morgan fingerprint density at radius 3 is 2.53 bits per heavy atom. The van der Waals surface area contributed by atoms with Gasteiger partial charge in [0.15, 0.2) is 0 Å². The molecular weight excluding hydrogens is 429 g/mol. The number of thiazole rings is 1. The number of carbonyl (C=O) groups excluding carboxylic acids is 1. The van der Waals surface area contributed by atoms with E-state index in [1.165, 1.54) is 62.9 Å². The molecule has 0 radical (unpaired) electrons. The van der Waals surface area contributed by atoms with Crippen LogP contribution < -0.4 is 10.1 Å². The molecule has 3 aromatic rings. The lowest BCUT2D eigenvalue weighted by molar-refractivity contribution is -0.115. The second-order valence-corrected chi connectivity index (χ2v) is 9.54. The summed E-state index contributed by atoms with van der Waals surface area (Å²) < 4.78 is 44.1. The van der Waals surface area contributed by atoms with Crippen LogP contribution in [0.3, 0.4) is 0 Å². The first-order valence-electron chi connectivity index (χ1n) is 8.81. The van der Waals surface area contributed by atoms with Crippen molar-refractivity contribution in [2.24, 2.45) is 0 Å². The second-order valence-electron chi connectivity index (χ2n) is 6.53.